The first-order chi connectivity index (χ1) is 7.82. The number of likely N-dealkylation sites (N-methyl/N-ethyl adjacent to an activating group) is 1. The number of carbonyl (C=O) groups is 2. The van der Waals surface area contributed by atoms with Gasteiger partial charge in [-0.05, 0) is 33.6 Å². The van der Waals surface area contributed by atoms with Gasteiger partial charge in [0, 0.05) is 25.2 Å². The minimum Gasteiger partial charge on any atom is -0.351 e. The van der Waals surface area contributed by atoms with Crippen LogP contribution in [-0.2, 0) is 9.59 Å². The summed E-state index contributed by atoms with van der Waals surface area (Å²) in [5.74, 6) is -1.18. The van der Waals surface area contributed by atoms with E-state index >= 15 is 0 Å². The number of nitrogens with one attached hydrogen (secondary N) is 3. The maximum atomic E-state index is 11.2. The zero-order valence-corrected chi connectivity index (χ0v) is 11.5. The molecule has 0 saturated heterocycles. The quantitative estimate of drug-likeness (QED) is 0.592. The number of hydrogen-bond acceptors (Lipinski definition) is 3. The third-order valence-corrected chi connectivity index (χ3v) is 2.72. The lowest BCUT2D eigenvalue weighted by Crippen LogP contribution is -2.47. The van der Waals surface area contributed by atoms with E-state index in [4.69, 9.17) is 0 Å². The minimum absolute atomic E-state index is 0.0502. The Hall–Kier alpha value is -1.10. The predicted octanol–water partition coefficient (Wildman–Crippen LogP) is 0.405. The second-order valence-corrected chi connectivity index (χ2v) is 4.92. The van der Waals surface area contributed by atoms with Gasteiger partial charge < -0.3 is 16.0 Å². The SMILES string of the molecule is CCC(C)NC(C)(C)CCNC(=O)C(=O)NC. The van der Waals surface area contributed by atoms with E-state index in [2.05, 4.69) is 43.6 Å². The van der Waals surface area contributed by atoms with Crippen molar-refractivity contribution < 1.29 is 9.59 Å². The lowest BCUT2D eigenvalue weighted by atomic mass is 9.99. The van der Waals surface area contributed by atoms with Crippen LogP contribution in [0.25, 0.3) is 0 Å². The molecule has 1 unspecified atom stereocenters. The second-order valence-electron chi connectivity index (χ2n) is 4.92. The van der Waals surface area contributed by atoms with Crippen molar-refractivity contribution in [2.45, 2.75) is 52.1 Å². The minimum atomic E-state index is -0.599. The molecule has 0 fully saturated rings. The van der Waals surface area contributed by atoms with Crippen LogP contribution in [0, 0.1) is 0 Å². The Morgan fingerprint density at radius 3 is 2.29 bits per heavy atom. The van der Waals surface area contributed by atoms with E-state index in [1.807, 2.05) is 0 Å². The summed E-state index contributed by atoms with van der Waals surface area (Å²) in [7, 11) is 1.44. The molecule has 0 aliphatic rings. The highest BCUT2D eigenvalue weighted by Crippen LogP contribution is 2.09. The van der Waals surface area contributed by atoms with Crippen LogP contribution in [0.3, 0.4) is 0 Å². The van der Waals surface area contributed by atoms with Crippen LogP contribution in [0.1, 0.15) is 40.5 Å². The first-order valence-electron chi connectivity index (χ1n) is 6.10. The average molecular weight is 243 g/mol. The van der Waals surface area contributed by atoms with E-state index in [1.165, 1.54) is 7.05 Å². The average Bonchev–Trinajstić information content (AvgIpc) is 2.26. The van der Waals surface area contributed by atoms with Gasteiger partial charge in [-0.25, -0.2) is 0 Å². The van der Waals surface area contributed by atoms with Crippen LogP contribution in [0.2, 0.25) is 0 Å². The normalized spacial score (nSPS) is 13.0. The predicted molar refractivity (Wildman–Crippen MR) is 68.7 cm³/mol. The van der Waals surface area contributed by atoms with E-state index in [9.17, 15) is 9.59 Å². The van der Waals surface area contributed by atoms with Crippen molar-refractivity contribution in [2.24, 2.45) is 0 Å². The topological polar surface area (TPSA) is 70.2 Å². The van der Waals surface area contributed by atoms with Gasteiger partial charge in [0.2, 0.25) is 0 Å². The van der Waals surface area contributed by atoms with E-state index in [-0.39, 0.29) is 5.54 Å². The highest BCUT2D eigenvalue weighted by molar-refractivity contribution is 6.34. The van der Waals surface area contributed by atoms with Gasteiger partial charge in [-0.15, -0.1) is 0 Å². The summed E-state index contributed by atoms with van der Waals surface area (Å²) in [4.78, 5) is 22.1. The molecule has 0 aromatic heterocycles. The Balaban J connectivity index is 3.94. The summed E-state index contributed by atoms with van der Waals surface area (Å²) in [6, 6.07) is 0.444. The molecule has 5 nitrogen and oxygen atoms in total. The molecular weight excluding hydrogens is 218 g/mol. The molecule has 0 saturated carbocycles. The van der Waals surface area contributed by atoms with E-state index < -0.39 is 11.8 Å². The monoisotopic (exact) mass is 243 g/mol. The highest BCUT2D eigenvalue weighted by atomic mass is 16.2. The van der Waals surface area contributed by atoms with Gasteiger partial charge in [-0.1, -0.05) is 6.92 Å². The summed E-state index contributed by atoms with van der Waals surface area (Å²) >= 11 is 0. The molecular formula is C12H25N3O2. The Morgan fingerprint density at radius 1 is 1.24 bits per heavy atom. The molecule has 0 heterocycles. The fourth-order valence-electron chi connectivity index (χ4n) is 1.52. The van der Waals surface area contributed by atoms with Gasteiger partial charge in [0.05, 0.1) is 0 Å². The standard InChI is InChI=1S/C12H25N3O2/c1-6-9(2)15-12(3,4)7-8-14-11(17)10(16)13-5/h9,15H,6-8H2,1-5H3,(H,13,16)(H,14,17). The Morgan fingerprint density at radius 2 is 1.82 bits per heavy atom. The molecule has 3 N–H and O–H groups in total. The van der Waals surface area contributed by atoms with Gasteiger partial charge >= 0.3 is 11.8 Å². The van der Waals surface area contributed by atoms with Gasteiger partial charge in [0.1, 0.15) is 0 Å². The molecule has 0 bridgehead atoms. The van der Waals surface area contributed by atoms with E-state index in [1.54, 1.807) is 0 Å². The third kappa shape index (κ3) is 6.94. The summed E-state index contributed by atoms with van der Waals surface area (Å²) in [5, 5.41) is 8.35. The highest BCUT2D eigenvalue weighted by Gasteiger charge is 2.20. The molecule has 1 atom stereocenters. The van der Waals surface area contributed by atoms with E-state index in [0.29, 0.717) is 12.6 Å². The van der Waals surface area contributed by atoms with Crippen LogP contribution in [0.15, 0.2) is 0 Å². The first kappa shape index (κ1) is 15.9. The van der Waals surface area contributed by atoms with Crippen molar-refractivity contribution in [1.82, 2.24) is 16.0 Å². The Kier molecular flexibility index (Phi) is 6.80. The first-order valence-corrected chi connectivity index (χ1v) is 6.10. The van der Waals surface area contributed by atoms with Crippen LogP contribution in [0.5, 0.6) is 0 Å². The molecule has 2 amide bonds. The number of rotatable bonds is 6. The zero-order valence-electron chi connectivity index (χ0n) is 11.5. The molecule has 0 aromatic carbocycles. The molecule has 0 radical (unpaired) electrons. The smallest absolute Gasteiger partial charge is 0.309 e. The van der Waals surface area contributed by atoms with Crippen molar-refractivity contribution in [2.75, 3.05) is 13.6 Å². The summed E-state index contributed by atoms with van der Waals surface area (Å²) in [6.07, 6.45) is 1.84. The van der Waals surface area contributed by atoms with Crippen molar-refractivity contribution in [1.29, 1.82) is 0 Å². The molecule has 0 aliphatic heterocycles. The van der Waals surface area contributed by atoms with Gasteiger partial charge in [-0.3, -0.25) is 9.59 Å². The van der Waals surface area contributed by atoms with Crippen LogP contribution in [0.4, 0.5) is 0 Å². The van der Waals surface area contributed by atoms with E-state index in [0.717, 1.165) is 12.8 Å². The summed E-state index contributed by atoms with van der Waals surface area (Å²) in [5.41, 5.74) is -0.0502. The zero-order chi connectivity index (χ0) is 13.5. The third-order valence-electron chi connectivity index (χ3n) is 2.72. The second kappa shape index (κ2) is 7.27. The molecule has 5 heteroatoms. The molecule has 0 aromatic rings. The molecule has 17 heavy (non-hydrogen) atoms. The largest absolute Gasteiger partial charge is 0.351 e. The number of carbonyl (C=O) groups excluding carboxylic acids is 2. The van der Waals surface area contributed by atoms with Gasteiger partial charge in [0.25, 0.3) is 0 Å². The van der Waals surface area contributed by atoms with Crippen LogP contribution in [-0.4, -0.2) is 37.0 Å². The molecule has 0 rings (SSSR count). The fourth-order valence-corrected chi connectivity index (χ4v) is 1.52. The van der Waals surface area contributed by atoms with Crippen molar-refractivity contribution in [3.63, 3.8) is 0 Å². The van der Waals surface area contributed by atoms with Gasteiger partial charge in [-0.2, -0.15) is 0 Å². The maximum Gasteiger partial charge on any atom is 0.309 e. The lowest BCUT2D eigenvalue weighted by Gasteiger charge is -2.30. The lowest BCUT2D eigenvalue weighted by molar-refractivity contribution is -0.138. The Bertz CT molecular complexity index is 264. The molecule has 100 valence electrons. The number of amides is 2. The van der Waals surface area contributed by atoms with Crippen molar-refractivity contribution in [3.8, 4) is 0 Å². The summed E-state index contributed by atoms with van der Waals surface area (Å²) in [6.45, 7) is 8.92. The fraction of sp³-hybridized carbons (Fsp3) is 0.833. The van der Waals surface area contributed by atoms with Crippen LogP contribution < -0.4 is 16.0 Å². The molecule has 0 aliphatic carbocycles. The van der Waals surface area contributed by atoms with Gasteiger partial charge in [0.15, 0.2) is 0 Å². The molecule has 0 spiro atoms. The number of hydrogen-bond donors (Lipinski definition) is 3. The van der Waals surface area contributed by atoms with Crippen molar-refractivity contribution in [3.05, 3.63) is 0 Å². The van der Waals surface area contributed by atoms with Crippen molar-refractivity contribution >= 4 is 11.8 Å². The maximum absolute atomic E-state index is 11.2. The van der Waals surface area contributed by atoms with Crippen LogP contribution >= 0.6 is 0 Å². The Labute approximate surface area is 104 Å². The summed E-state index contributed by atoms with van der Waals surface area (Å²) < 4.78 is 0.